The molecule has 3 nitrogen and oxygen atoms in total. The molecule has 1 aromatic rings. The van der Waals surface area contributed by atoms with E-state index in [2.05, 4.69) is 18.8 Å². The monoisotopic (exact) mass is 253 g/mol. The van der Waals surface area contributed by atoms with Crippen molar-refractivity contribution in [2.75, 3.05) is 7.11 Å². The standard InChI is InChI=1S/C13H16ClNO2/c1-7-4-8(2)12-9(13(16)17-3)6-11(14)15-10(12)5-7/h6-8H,4-5H2,1-3H3. The molecular formula is C13H16ClNO2. The molecule has 0 radical (unpaired) electrons. The topological polar surface area (TPSA) is 39.2 Å². The van der Waals surface area contributed by atoms with Crippen molar-refractivity contribution in [3.63, 3.8) is 0 Å². The molecule has 0 N–H and O–H groups in total. The van der Waals surface area contributed by atoms with Crippen LogP contribution in [0.15, 0.2) is 6.07 Å². The van der Waals surface area contributed by atoms with Gasteiger partial charge in [-0.3, -0.25) is 0 Å². The molecule has 0 amide bonds. The van der Waals surface area contributed by atoms with Crippen LogP contribution in [0, 0.1) is 5.92 Å². The van der Waals surface area contributed by atoms with Crippen LogP contribution in [0.5, 0.6) is 0 Å². The van der Waals surface area contributed by atoms with Crippen molar-refractivity contribution in [3.05, 3.63) is 28.0 Å². The smallest absolute Gasteiger partial charge is 0.338 e. The van der Waals surface area contributed by atoms with Crippen LogP contribution in [0.3, 0.4) is 0 Å². The second-order valence-corrected chi connectivity index (χ2v) is 5.18. The fourth-order valence-corrected chi connectivity index (χ4v) is 2.90. The molecule has 0 saturated heterocycles. The Morgan fingerprint density at radius 2 is 2.24 bits per heavy atom. The highest BCUT2D eigenvalue weighted by Crippen LogP contribution is 2.36. The first-order chi connectivity index (χ1) is 8.02. The molecule has 4 heteroatoms. The number of fused-ring (bicyclic) bond motifs is 1. The first-order valence-electron chi connectivity index (χ1n) is 5.80. The molecule has 0 aliphatic heterocycles. The highest BCUT2D eigenvalue weighted by Gasteiger charge is 2.28. The molecule has 17 heavy (non-hydrogen) atoms. The van der Waals surface area contributed by atoms with Crippen LogP contribution in [0.2, 0.25) is 5.15 Å². The lowest BCUT2D eigenvalue weighted by Gasteiger charge is -2.28. The van der Waals surface area contributed by atoms with Crippen molar-refractivity contribution < 1.29 is 9.53 Å². The summed E-state index contributed by atoms with van der Waals surface area (Å²) in [5.41, 5.74) is 2.53. The van der Waals surface area contributed by atoms with Gasteiger partial charge in [0.2, 0.25) is 0 Å². The number of rotatable bonds is 1. The number of halogens is 1. The van der Waals surface area contributed by atoms with Gasteiger partial charge < -0.3 is 4.74 Å². The molecule has 1 aliphatic rings. The van der Waals surface area contributed by atoms with E-state index in [-0.39, 0.29) is 5.97 Å². The Bertz CT molecular complexity index is 459. The van der Waals surface area contributed by atoms with E-state index in [1.54, 1.807) is 6.07 Å². The van der Waals surface area contributed by atoms with Crippen molar-refractivity contribution in [3.8, 4) is 0 Å². The summed E-state index contributed by atoms with van der Waals surface area (Å²) < 4.78 is 4.81. The lowest BCUT2D eigenvalue weighted by molar-refractivity contribution is 0.0598. The Labute approximate surface area is 106 Å². The van der Waals surface area contributed by atoms with Gasteiger partial charge in [-0.1, -0.05) is 25.4 Å². The second-order valence-electron chi connectivity index (χ2n) is 4.79. The Kier molecular flexibility index (Phi) is 3.38. The van der Waals surface area contributed by atoms with E-state index in [0.717, 1.165) is 24.1 Å². The minimum absolute atomic E-state index is 0.326. The van der Waals surface area contributed by atoms with Gasteiger partial charge in [-0.05, 0) is 36.3 Å². The highest BCUT2D eigenvalue weighted by molar-refractivity contribution is 6.29. The summed E-state index contributed by atoms with van der Waals surface area (Å²) in [7, 11) is 1.39. The highest BCUT2D eigenvalue weighted by atomic mass is 35.5. The van der Waals surface area contributed by atoms with Gasteiger partial charge in [0.15, 0.2) is 0 Å². The molecular weight excluding hydrogens is 238 g/mol. The number of carbonyl (C=O) groups is 1. The minimum atomic E-state index is -0.327. The van der Waals surface area contributed by atoms with E-state index in [1.165, 1.54) is 7.11 Å². The van der Waals surface area contributed by atoms with E-state index in [1.807, 2.05) is 0 Å². The van der Waals surface area contributed by atoms with Crippen LogP contribution >= 0.6 is 11.6 Å². The van der Waals surface area contributed by atoms with Crippen LogP contribution in [0.1, 0.15) is 47.8 Å². The van der Waals surface area contributed by atoms with Gasteiger partial charge in [-0.15, -0.1) is 0 Å². The van der Waals surface area contributed by atoms with Crippen LogP contribution in [0.25, 0.3) is 0 Å². The number of ether oxygens (including phenoxy) is 1. The number of pyridine rings is 1. The van der Waals surface area contributed by atoms with Crippen molar-refractivity contribution in [1.29, 1.82) is 0 Å². The number of hydrogen-bond acceptors (Lipinski definition) is 3. The molecule has 2 atom stereocenters. The van der Waals surface area contributed by atoms with Gasteiger partial charge in [-0.2, -0.15) is 0 Å². The lowest BCUT2D eigenvalue weighted by atomic mass is 9.79. The predicted octanol–water partition coefficient (Wildman–Crippen LogP) is 3.21. The van der Waals surface area contributed by atoms with E-state index in [4.69, 9.17) is 16.3 Å². The lowest BCUT2D eigenvalue weighted by Crippen LogP contribution is -2.20. The normalized spacial score (nSPS) is 23.1. The van der Waals surface area contributed by atoms with Crippen molar-refractivity contribution in [2.45, 2.75) is 32.6 Å². The molecule has 0 saturated carbocycles. The van der Waals surface area contributed by atoms with Crippen LogP contribution < -0.4 is 0 Å². The SMILES string of the molecule is COC(=O)c1cc(Cl)nc2c1C(C)CC(C)C2. The molecule has 1 aliphatic carbocycles. The first-order valence-corrected chi connectivity index (χ1v) is 6.18. The van der Waals surface area contributed by atoms with E-state index in [9.17, 15) is 4.79 Å². The van der Waals surface area contributed by atoms with Gasteiger partial charge >= 0.3 is 5.97 Å². The third-order valence-corrected chi connectivity index (χ3v) is 3.50. The van der Waals surface area contributed by atoms with E-state index >= 15 is 0 Å². The van der Waals surface area contributed by atoms with Gasteiger partial charge in [0.05, 0.1) is 12.7 Å². The molecule has 0 bridgehead atoms. The molecule has 2 rings (SSSR count). The summed E-state index contributed by atoms with van der Waals surface area (Å²) in [4.78, 5) is 16.1. The summed E-state index contributed by atoms with van der Waals surface area (Å²) in [6.45, 7) is 4.32. The summed E-state index contributed by atoms with van der Waals surface area (Å²) in [6.07, 6.45) is 1.95. The maximum Gasteiger partial charge on any atom is 0.338 e. The molecule has 1 aromatic heterocycles. The zero-order chi connectivity index (χ0) is 12.6. The zero-order valence-corrected chi connectivity index (χ0v) is 11.0. The van der Waals surface area contributed by atoms with Gasteiger partial charge in [0.25, 0.3) is 0 Å². The van der Waals surface area contributed by atoms with Crippen LogP contribution in [0.4, 0.5) is 0 Å². The van der Waals surface area contributed by atoms with Crippen molar-refractivity contribution >= 4 is 17.6 Å². The molecule has 0 spiro atoms. The van der Waals surface area contributed by atoms with Gasteiger partial charge in [0, 0.05) is 5.69 Å². The third-order valence-electron chi connectivity index (χ3n) is 3.30. The number of nitrogens with zero attached hydrogens (tertiary/aromatic N) is 1. The molecule has 2 unspecified atom stereocenters. The van der Waals surface area contributed by atoms with Crippen LogP contribution in [-0.2, 0) is 11.2 Å². The molecule has 0 aromatic carbocycles. The van der Waals surface area contributed by atoms with E-state index < -0.39 is 0 Å². The predicted molar refractivity (Wildman–Crippen MR) is 66.5 cm³/mol. The summed E-state index contributed by atoms with van der Waals surface area (Å²) in [6, 6.07) is 1.61. The fraction of sp³-hybridized carbons (Fsp3) is 0.538. The molecule has 92 valence electrons. The fourth-order valence-electron chi connectivity index (χ4n) is 2.69. The minimum Gasteiger partial charge on any atom is -0.465 e. The molecule has 0 fully saturated rings. The summed E-state index contributed by atoms with van der Waals surface area (Å²) >= 11 is 5.96. The number of carbonyl (C=O) groups excluding carboxylic acids is 1. The third kappa shape index (κ3) is 2.29. The Morgan fingerprint density at radius 1 is 1.53 bits per heavy atom. The Hall–Kier alpha value is -1.09. The van der Waals surface area contributed by atoms with Crippen LogP contribution in [-0.4, -0.2) is 18.1 Å². The Balaban J connectivity index is 2.57. The second kappa shape index (κ2) is 4.65. The van der Waals surface area contributed by atoms with Gasteiger partial charge in [-0.25, -0.2) is 9.78 Å². The molecule has 1 heterocycles. The number of methoxy groups -OCH3 is 1. The zero-order valence-electron chi connectivity index (χ0n) is 10.3. The van der Waals surface area contributed by atoms with Crippen molar-refractivity contribution in [1.82, 2.24) is 4.98 Å². The Morgan fingerprint density at radius 3 is 2.88 bits per heavy atom. The summed E-state index contributed by atoms with van der Waals surface area (Å²) in [5, 5.41) is 0.366. The average molecular weight is 254 g/mol. The largest absolute Gasteiger partial charge is 0.465 e. The maximum absolute atomic E-state index is 11.8. The number of aromatic nitrogens is 1. The average Bonchev–Trinajstić information content (AvgIpc) is 2.25. The van der Waals surface area contributed by atoms with Crippen molar-refractivity contribution in [2.24, 2.45) is 5.92 Å². The number of esters is 1. The summed E-state index contributed by atoms with van der Waals surface area (Å²) in [5.74, 6) is 0.577. The van der Waals surface area contributed by atoms with E-state index in [0.29, 0.717) is 22.6 Å². The first kappa shape index (κ1) is 12.4. The quantitative estimate of drug-likeness (QED) is 0.570. The maximum atomic E-state index is 11.8. The van der Waals surface area contributed by atoms with Gasteiger partial charge in [0.1, 0.15) is 5.15 Å². The number of hydrogen-bond donors (Lipinski definition) is 0.